The van der Waals surface area contributed by atoms with Gasteiger partial charge in [-0.2, -0.15) is 0 Å². The lowest BCUT2D eigenvalue weighted by atomic mass is 9.89. The molecular formula is C23H32N2O3. The molecule has 0 spiro atoms. The van der Waals surface area contributed by atoms with Gasteiger partial charge in [-0.15, -0.1) is 0 Å². The minimum atomic E-state index is -0.360. The highest BCUT2D eigenvalue weighted by molar-refractivity contribution is 5.51. The summed E-state index contributed by atoms with van der Waals surface area (Å²) in [5.41, 5.74) is 9.30. The van der Waals surface area contributed by atoms with Crippen LogP contribution in [0, 0.1) is 5.92 Å². The van der Waals surface area contributed by atoms with Gasteiger partial charge in [-0.3, -0.25) is 0 Å². The number of anilines is 1. The number of hydrogen-bond donors (Lipinski definition) is 2. The summed E-state index contributed by atoms with van der Waals surface area (Å²) in [6, 6.07) is 13.9. The van der Waals surface area contributed by atoms with Gasteiger partial charge in [0.25, 0.3) is 0 Å². The van der Waals surface area contributed by atoms with Crippen LogP contribution in [0.5, 0.6) is 11.5 Å². The summed E-state index contributed by atoms with van der Waals surface area (Å²) >= 11 is 0. The Morgan fingerprint density at radius 2 is 1.79 bits per heavy atom. The second-order valence-corrected chi connectivity index (χ2v) is 7.72. The third-order valence-corrected chi connectivity index (χ3v) is 5.64. The van der Waals surface area contributed by atoms with Crippen LogP contribution in [0.15, 0.2) is 42.5 Å². The Morgan fingerprint density at radius 1 is 1.07 bits per heavy atom. The van der Waals surface area contributed by atoms with Crippen molar-refractivity contribution in [2.75, 3.05) is 39.6 Å². The van der Waals surface area contributed by atoms with Crippen LogP contribution in [-0.2, 0) is 12.8 Å². The van der Waals surface area contributed by atoms with Crippen LogP contribution in [0.25, 0.3) is 0 Å². The Labute approximate surface area is 168 Å². The first kappa shape index (κ1) is 20.5. The quantitative estimate of drug-likeness (QED) is 0.685. The maximum atomic E-state index is 10.5. The third-order valence-electron chi connectivity index (χ3n) is 5.64. The molecule has 1 aliphatic rings. The van der Waals surface area contributed by atoms with Crippen molar-refractivity contribution in [3.63, 3.8) is 0 Å². The lowest BCUT2D eigenvalue weighted by Crippen LogP contribution is -2.39. The second kappa shape index (κ2) is 9.80. The van der Waals surface area contributed by atoms with Crippen molar-refractivity contribution in [3.05, 3.63) is 53.6 Å². The van der Waals surface area contributed by atoms with E-state index in [0.717, 1.165) is 55.1 Å². The molecule has 2 aromatic rings. The van der Waals surface area contributed by atoms with Gasteiger partial charge in [0.15, 0.2) is 0 Å². The molecule has 1 aliphatic heterocycles. The minimum Gasteiger partial charge on any atom is -0.497 e. The fourth-order valence-corrected chi connectivity index (χ4v) is 4.00. The molecule has 0 saturated carbocycles. The van der Waals surface area contributed by atoms with Crippen molar-refractivity contribution in [2.45, 2.75) is 31.8 Å². The number of piperidine rings is 1. The van der Waals surface area contributed by atoms with E-state index >= 15 is 0 Å². The lowest BCUT2D eigenvalue weighted by molar-refractivity contribution is 0.0894. The number of hydrogen-bond acceptors (Lipinski definition) is 5. The van der Waals surface area contributed by atoms with Crippen LogP contribution in [0.3, 0.4) is 0 Å². The number of β-amino-alcohol motifs (C(OH)–C–C–N with tert-alkyl or cyclic N) is 1. The highest BCUT2D eigenvalue weighted by Gasteiger charge is 2.22. The number of nitrogens with two attached hydrogens (primary N) is 1. The van der Waals surface area contributed by atoms with E-state index in [-0.39, 0.29) is 6.10 Å². The minimum absolute atomic E-state index is 0.360. The van der Waals surface area contributed by atoms with E-state index in [0.29, 0.717) is 18.9 Å². The van der Waals surface area contributed by atoms with Gasteiger partial charge in [-0.25, -0.2) is 0 Å². The molecule has 0 bridgehead atoms. The third kappa shape index (κ3) is 5.63. The number of likely N-dealkylation sites (tertiary alicyclic amines) is 1. The number of aliphatic hydroxyl groups excluding tert-OH is 1. The predicted molar refractivity (Wildman–Crippen MR) is 113 cm³/mol. The first-order valence-corrected chi connectivity index (χ1v) is 10.0. The SMILES string of the molecule is COc1cccc(CC(O)CN2CCC(Cc3ccc(OC)cc3N)CC2)c1. The number of benzene rings is 2. The summed E-state index contributed by atoms with van der Waals surface area (Å²) in [6.07, 6.45) is 3.57. The molecule has 5 nitrogen and oxygen atoms in total. The molecule has 1 fully saturated rings. The molecular weight excluding hydrogens is 352 g/mol. The maximum absolute atomic E-state index is 10.5. The van der Waals surface area contributed by atoms with Crippen LogP contribution in [-0.4, -0.2) is 50.0 Å². The van der Waals surface area contributed by atoms with E-state index in [1.165, 1.54) is 5.56 Å². The van der Waals surface area contributed by atoms with Crippen LogP contribution >= 0.6 is 0 Å². The highest BCUT2D eigenvalue weighted by atomic mass is 16.5. The monoisotopic (exact) mass is 384 g/mol. The largest absolute Gasteiger partial charge is 0.497 e. The van der Waals surface area contributed by atoms with E-state index in [2.05, 4.69) is 11.0 Å². The van der Waals surface area contributed by atoms with Gasteiger partial charge in [-0.1, -0.05) is 18.2 Å². The Bertz CT molecular complexity index is 757. The van der Waals surface area contributed by atoms with E-state index in [4.69, 9.17) is 15.2 Å². The second-order valence-electron chi connectivity index (χ2n) is 7.72. The van der Waals surface area contributed by atoms with Gasteiger partial charge in [0, 0.05) is 18.3 Å². The topological polar surface area (TPSA) is 68.0 Å². The Morgan fingerprint density at radius 3 is 2.46 bits per heavy atom. The van der Waals surface area contributed by atoms with Crippen molar-refractivity contribution >= 4 is 5.69 Å². The van der Waals surface area contributed by atoms with Gasteiger partial charge >= 0.3 is 0 Å². The first-order chi connectivity index (χ1) is 13.6. The number of rotatable bonds is 8. The van der Waals surface area contributed by atoms with E-state index in [1.54, 1.807) is 14.2 Å². The lowest BCUT2D eigenvalue weighted by Gasteiger charge is -2.33. The Hall–Kier alpha value is -2.24. The maximum Gasteiger partial charge on any atom is 0.120 e. The van der Waals surface area contributed by atoms with E-state index in [1.807, 2.05) is 36.4 Å². The summed E-state index contributed by atoms with van der Waals surface area (Å²) in [5, 5.41) is 10.5. The van der Waals surface area contributed by atoms with Crippen molar-refractivity contribution in [1.82, 2.24) is 4.90 Å². The zero-order valence-electron chi connectivity index (χ0n) is 16.9. The fourth-order valence-electron chi connectivity index (χ4n) is 4.00. The molecule has 2 aromatic carbocycles. The van der Waals surface area contributed by atoms with Crippen LogP contribution in [0.1, 0.15) is 24.0 Å². The predicted octanol–water partition coefficient (Wildman–Crippen LogP) is 3.14. The van der Waals surface area contributed by atoms with Crippen molar-refractivity contribution in [3.8, 4) is 11.5 Å². The molecule has 152 valence electrons. The average Bonchev–Trinajstić information content (AvgIpc) is 2.71. The van der Waals surface area contributed by atoms with Gasteiger partial charge in [0.2, 0.25) is 0 Å². The van der Waals surface area contributed by atoms with Gasteiger partial charge in [0.05, 0.1) is 20.3 Å². The highest BCUT2D eigenvalue weighted by Crippen LogP contribution is 2.27. The Balaban J connectivity index is 1.44. The molecule has 0 radical (unpaired) electrons. The van der Waals surface area contributed by atoms with E-state index in [9.17, 15) is 5.11 Å². The summed E-state index contributed by atoms with van der Waals surface area (Å²) in [6.45, 7) is 2.76. The zero-order valence-corrected chi connectivity index (χ0v) is 16.9. The van der Waals surface area contributed by atoms with Crippen LogP contribution < -0.4 is 15.2 Å². The number of ether oxygens (including phenoxy) is 2. The van der Waals surface area contributed by atoms with Crippen LogP contribution in [0.4, 0.5) is 5.69 Å². The molecule has 3 rings (SSSR count). The molecule has 0 aliphatic carbocycles. The Kier molecular flexibility index (Phi) is 7.18. The molecule has 1 atom stereocenters. The number of aliphatic hydroxyl groups is 1. The molecule has 1 saturated heterocycles. The summed E-state index contributed by atoms with van der Waals surface area (Å²) < 4.78 is 10.5. The van der Waals surface area contributed by atoms with Gasteiger partial charge in [0.1, 0.15) is 11.5 Å². The summed E-state index contributed by atoms with van der Waals surface area (Å²) in [5.74, 6) is 2.28. The van der Waals surface area contributed by atoms with Crippen molar-refractivity contribution in [2.24, 2.45) is 5.92 Å². The molecule has 3 N–H and O–H groups in total. The summed E-state index contributed by atoms with van der Waals surface area (Å²) in [4.78, 5) is 2.37. The van der Waals surface area contributed by atoms with Crippen molar-refractivity contribution < 1.29 is 14.6 Å². The number of nitrogens with zero attached hydrogens (tertiary/aromatic N) is 1. The molecule has 28 heavy (non-hydrogen) atoms. The molecule has 0 aromatic heterocycles. The standard InChI is InChI=1S/C23H32N2O3/c1-27-21-5-3-4-18(14-21)13-20(26)16-25-10-8-17(9-11-25)12-19-6-7-22(28-2)15-23(19)24/h3-7,14-15,17,20,26H,8-13,16,24H2,1-2H3. The van der Waals surface area contributed by atoms with Crippen LogP contribution in [0.2, 0.25) is 0 Å². The van der Waals surface area contributed by atoms with E-state index < -0.39 is 0 Å². The van der Waals surface area contributed by atoms with Gasteiger partial charge in [-0.05, 0) is 74.0 Å². The van der Waals surface area contributed by atoms with Gasteiger partial charge < -0.3 is 25.2 Å². The molecule has 5 heteroatoms. The molecule has 1 heterocycles. The van der Waals surface area contributed by atoms with Crippen molar-refractivity contribution in [1.29, 1.82) is 0 Å². The first-order valence-electron chi connectivity index (χ1n) is 10.0. The average molecular weight is 385 g/mol. The molecule has 0 amide bonds. The molecule has 1 unspecified atom stereocenters. The fraction of sp³-hybridized carbons (Fsp3) is 0.478. The normalized spacial score (nSPS) is 16.7. The summed E-state index contributed by atoms with van der Waals surface area (Å²) in [7, 11) is 3.33. The number of methoxy groups -OCH3 is 2. The zero-order chi connectivity index (χ0) is 19.9. The smallest absolute Gasteiger partial charge is 0.120 e. The number of nitrogen functional groups attached to an aromatic ring is 1.